The van der Waals surface area contributed by atoms with Crippen molar-refractivity contribution in [2.45, 2.75) is 4.33 Å². The molecule has 0 aliphatic carbocycles. The summed E-state index contributed by atoms with van der Waals surface area (Å²) in [6, 6.07) is 6.28. The van der Waals surface area contributed by atoms with Gasteiger partial charge in [0.05, 0.1) is 0 Å². The molecule has 1 aromatic rings. The van der Waals surface area contributed by atoms with Crippen molar-refractivity contribution in [1.29, 1.82) is 0 Å². The fourth-order valence-electron chi connectivity index (χ4n) is 1.18. The Bertz CT molecular complexity index is 477. The van der Waals surface area contributed by atoms with Crippen LogP contribution in [0.5, 0.6) is 0 Å². The van der Waals surface area contributed by atoms with Crippen LogP contribution in [-0.4, -0.2) is 11.1 Å². The van der Waals surface area contributed by atoms with E-state index in [0.29, 0.717) is 0 Å². The van der Waals surface area contributed by atoms with Crippen LogP contribution < -0.4 is 0 Å². The van der Waals surface area contributed by atoms with Crippen molar-refractivity contribution in [3.05, 3.63) is 44.9 Å². The fourth-order valence-corrected chi connectivity index (χ4v) is 2.88. The minimum Gasteiger partial charge on any atom is -0.478 e. The molecule has 0 unspecified atom stereocenters. The Labute approximate surface area is 123 Å². The van der Waals surface area contributed by atoms with Gasteiger partial charge in [0.2, 0.25) is 0 Å². The Morgan fingerprint density at radius 3 is 2.12 bits per heavy atom. The predicted octanol–water partition coefficient (Wildman–Crippen LogP) is 4.74. The number of hydrogen-bond donors (Lipinski definition) is 1. The predicted molar refractivity (Wildman–Crippen MR) is 71.2 cm³/mol. The summed E-state index contributed by atoms with van der Waals surface area (Å²) in [5.41, 5.74) is -0.349. The summed E-state index contributed by atoms with van der Waals surface area (Å²) >= 11 is 28.8. The van der Waals surface area contributed by atoms with Gasteiger partial charge in [-0.25, -0.2) is 4.79 Å². The van der Waals surface area contributed by atoms with Gasteiger partial charge < -0.3 is 5.11 Å². The van der Waals surface area contributed by atoms with E-state index in [-0.39, 0.29) is 10.6 Å². The Morgan fingerprint density at radius 1 is 1.18 bits per heavy atom. The largest absolute Gasteiger partial charge is 0.478 e. The van der Waals surface area contributed by atoms with Crippen LogP contribution in [0.4, 0.5) is 0 Å². The second-order valence-corrected chi connectivity index (χ2v) is 5.68. The highest BCUT2D eigenvalue weighted by Gasteiger charge is 2.39. The maximum absolute atomic E-state index is 11.0. The monoisotopic (exact) mass is 332 g/mol. The van der Waals surface area contributed by atoms with E-state index in [4.69, 9.17) is 63.1 Å². The van der Waals surface area contributed by atoms with Crippen LogP contribution in [0, 0.1) is 0 Å². The van der Waals surface area contributed by atoms with Gasteiger partial charge in [-0.05, 0) is 6.07 Å². The van der Waals surface area contributed by atoms with E-state index < -0.39 is 20.4 Å². The molecule has 0 saturated carbocycles. The lowest BCUT2D eigenvalue weighted by molar-refractivity contribution is -0.132. The molecule has 92 valence electrons. The molecule has 0 aromatic heterocycles. The topological polar surface area (TPSA) is 37.3 Å². The molecule has 0 amide bonds. The number of alkyl halides is 2. The van der Waals surface area contributed by atoms with Gasteiger partial charge in [-0.1, -0.05) is 76.2 Å². The maximum Gasteiger partial charge on any atom is 0.337 e. The molecule has 0 fully saturated rings. The molecule has 0 aliphatic heterocycles. The number of carboxylic acid groups (broad SMARTS) is 1. The Balaban J connectivity index is 3.43. The van der Waals surface area contributed by atoms with Gasteiger partial charge in [0.1, 0.15) is 10.1 Å². The summed E-state index contributed by atoms with van der Waals surface area (Å²) in [5.74, 6) is -1.42. The number of carboxylic acids is 1. The van der Waals surface area contributed by atoms with E-state index in [9.17, 15) is 4.79 Å². The van der Waals surface area contributed by atoms with Crippen LogP contribution in [0.3, 0.4) is 0 Å². The molecule has 0 atom stereocenters. The molecule has 0 heterocycles. The van der Waals surface area contributed by atoms with Gasteiger partial charge in [-0.15, -0.1) is 0 Å². The van der Waals surface area contributed by atoms with Gasteiger partial charge in [0.25, 0.3) is 0 Å². The lowest BCUT2D eigenvalue weighted by Crippen LogP contribution is -2.21. The SMILES string of the molecule is O=C(O)C(=C(Cl)Cl)C(Cl)(Cl)c1ccccc1Cl. The zero-order valence-electron chi connectivity index (χ0n) is 8.05. The van der Waals surface area contributed by atoms with E-state index >= 15 is 0 Å². The zero-order chi connectivity index (χ0) is 13.2. The van der Waals surface area contributed by atoms with Crippen LogP contribution >= 0.6 is 58.0 Å². The van der Waals surface area contributed by atoms with Gasteiger partial charge in [0.15, 0.2) is 4.33 Å². The average Bonchev–Trinajstić information content (AvgIpc) is 2.15. The Hall–Kier alpha value is -0.120. The standard InChI is InChI=1S/C10H5Cl5O2/c11-6-4-2-1-3-5(6)10(14,15)7(8(12)13)9(16)17/h1-4H,(H,16,17). The zero-order valence-corrected chi connectivity index (χ0v) is 11.8. The lowest BCUT2D eigenvalue weighted by atomic mass is 10.1. The summed E-state index contributed by atoms with van der Waals surface area (Å²) in [6.45, 7) is 0. The average molecular weight is 334 g/mol. The second kappa shape index (κ2) is 5.68. The number of aliphatic carboxylic acids is 1. The summed E-state index contributed by atoms with van der Waals surface area (Å²) < 4.78 is -2.45. The molecular weight excluding hydrogens is 329 g/mol. The highest BCUT2D eigenvalue weighted by atomic mass is 35.5. The first kappa shape index (κ1) is 14.9. The van der Waals surface area contributed by atoms with Crippen LogP contribution in [0.2, 0.25) is 5.02 Å². The Morgan fingerprint density at radius 2 is 1.71 bits per heavy atom. The first-order valence-corrected chi connectivity index (χ1v) is 6.09. The van der Waals surface area contributed by atoms with E-state index in [2.05, 4.69) is 0 Å². The molecule has 0 aliphatic rings. The minimum atomic E-state index is -1.93. The molecule has 7 heteroatoms. The number of benzene rings is 1. The highest BCUT2D eigenvalue weighted by Crippen LogP contribution is 2.46. The lowest BCUT2D eigenvalue weighted by Gasteiger charge is -2.22. The summed E-state index contributed by atoms with van der Waals surface area (Å²) in [4.78, 5) is 11.0. The van der Waals surface area contributed by atoms with E-state index in [0.717, 1.165) is 0 Å². The number of rotatable bonds is 3. The van der Waals surface area contributed by atoms with Crippen LogP contribution in [0.25, 0.3) is 0 Å². The van der Waals surface area contributed by atoms with Crippen LogP contribution in [-0.2, 0) is 9.13 Å². The molecule has 0 spiro atoms. The van der Waals surface area contributed by atoms with E-state index in [1.54, 1.807) is 12.1 Å². The van der Waals surface area contributed by atoms with Crippen LogP contribution in [0.15, 0.2) is 34.3 Å². The molecule has 1 aromatic carbocycles. The molecule has 1 rings (SSSR count). The highest BCUT2D eigenvalue weighted by molar-refractivity contribution is 6.60. The van der Waals surface area contributed by atoms with Gasteiger partial charge in [-0.2, -0.15) is 0 Å². The molecule has 0 saturated heterocycles. The van der Waals surface area contributed by atoms with Crippen molar-refractivity contribution < 1.29 is 9.90 Å². The third-order valence-electron chi connectivity index (χ3n) is 1.93. The Kier molecular flexibility index (Phi) is 4.99. The number of halogens is 5. The second-order valence-electron chi connectivity index (χ2n) is 2.99. The fraction of sp³-hybridized carbons (Fsp3) is 0.100. The van der Waals surface area contributed by atoms with Crippen LogP contribution in [0.1, 0.15) is 5.56 Å². The van der Waals surface area contributed by atoms with Crippen molar-refractivity contribution in [1.82, 2.24) is 0 Å². The third kappa shape index (κ3) is 3.21. The summed E-state index contributed by atoms with van der Waals surface area (Å²) in [5, 5.41) is 9.21. The minimum absolute atomic E-state index is 0.196. The third-order valence-corrected chi connectivity index (χ3v) is 3.42. The summed E-state index contributed by atoms with van der Waals surface area (Å²) in [6.07, 6.45) is 0. The number of hydrogen-bond acceptors (Lipinski definition) is 1. The first-order valence-electron chi connectivity index (χ1n) is 4.20. The quantitative estimate of drug-likeness (QED) is 0.640. The first-order chi connectivity index (χ1) is 7.78. The van der Waals surface area contributed by atoms with E-state index in [1.165, 1.54) is 12.1 Å². The van der Waals surface area contributed by atoms with Crippen molar-refractivity contribution in [3.8, 4) is 0 Å². The molecular formula is C10H5Cl5O2. The van der Waals surface area contributed by atoms with Gasteiger partial charge in [0, 0.05) is 10.6 Å². The van der Waals surface area contributed by atoms with Gasteiger partial charge >= 0.3 is 5.97 Å². The molecule has 0 radical (unpaired) electrons. The van der Waals surface area contributed by atoms with Crippen molar-refractivity contribution >= 4 is 64.0 Å². The van der Waals surface area contributed by atoms with E-state index in [1.807, 2.05) is 0 Å². The molecule has 1 N–H and O–H groups in total. The molecule has 2 nitrogen and oxygen atoms in total. The van der Waals surface area contributed by atoms with Crippen molar-refractivity contribution in [3.63, 3.8) is 0 Å². The maximum atomic E-state index is 11.0. The van der Waals surface area contributed by atoms with Gasteiger partial charge in [-0.3, -0.25) is 0 Å². The molecule has 17 heavy (non-hydrogen) atoms. The normalized spacial score (nSPS) is 11.1. The van der Waals surface area contributed by atoms with Crippen molar-refractivity contribution in [2.75, 3.05) is 0 Å². The number of carbonyl (C=O) groups is 1. The summed E-state index contributed by atoms with van der Waals surface area (Å²) in [7, 11) is 0. The molecule has 0 bridgehead atoms. The van der Waals surface area contributed by atoms with Crippen molar-refractivity contribution in [2.24, 2.45) is 0 Å². The smallest absolute Gasteiger partial charge is 0.337 e.